The SMILES string of the molecule is c1ccc(-c2ccc3c4ccc(-c5nc(-c6ccccc6)nc(-c6ccccc6)n5)cc4n(-c4ccc(-c5cccc6oc7ccccc7c56)cc4)c3c2)cc1. The molecule has 3 heterocycles. The van der Waals surface area contributed by atoms with E-state index < -0.39 is 0 Å². The molecule has 0 aliphatic carbocycles. The van der Waals surface area contributed by atoms with Crippen molar-refractivity contribution in [2.24, 2.45) is 0 Å². The predicted molar refractivity (Wildman–Crippen MR) is 229 cm³/mol. The van der Waals surface area contributed by atoms with Gasteiger partial charge in [-0.05, 0) is 58.7 Å². The van der Waals surface area contributed by atoms with Gasteiger partial charge in [-0.3, -0.25) is 0 Å². The maximum Gasteiger partial charge on any atom is 0.164 e. The Balaban J connectivity index is 1.11. The van der Waals surface area contributed by atoms with Gasteiger partial charge in [0.05, 0.1) is 11.0 Å². The Kier molecular flexibility index (Phi) is 7.42. The fourth-order valence-electron chi connectivity index (χ4n) is 7.99. The summed E-state index contributed by atoms with van der Waals surface area (Å²) >= 11 is 0. The molecule has 11 aromatic rings. The van der Waals surface area contributed by atoms with Gasteiger partial charge in [-0.2, -0.15) is 0 Å². The number of nitrogens with zero attached hydrogens (tertiary/aromatic N) is 4. The van der Waals surface area contributed by atoms with Gasteiger partial charge in [0, 0.05) is 43.9 Å². The molecule has 8 aromatic carbocycles. The van der Waals surface area contributed by atoms with Crippen LogP contribution in [-0.2, 0) is 0 Å². The highest BCUT2D eigenvalue weighted by Gasteiger charge is 2.18. The van der Waals surface area contributed by atoms with Crippen LogP contribution in [0.25, 0.3) is 106 Å². The normalized spacial score (nSPS) is 11.6. The van der Waals surface area contributed by atoms with Crippen LogP contribution in [0.2, 0.25) is 0 Å². The minimum Gasteiger partial charge on any atom is -0.456 e. The van der Waals surface area contributed by atoms with E-state index in [1.54, 1.807) is 0 Å². The van der Waals surface area contributed by atoms with Crippen LogP contribution >= 0.6 is 0 Å². The number of fused-ring (bicyclic) bond motifs is 6. The van der Waals surface area contributed by atoms with E-state index in [2.05, 4.69) is 120 Å². The first kappa shape index (κ1) is 31.9. The molecule has 5 heteroatoms. The zero-order valence-corrected chi connectivity index (χ0v) is 30.2. The fourth-order valence-corrected chi connectivity index (χ4v) is 7.99. The zero-order chi connectivity index (χ0) is 37.0. The van der Waals surface area contributed by atoms with Crippen molar-refractivity contribution in [3.05, 3.63) is 194 Å². The molecule has 262 valence electrons. The lowest BCUT2D eigenvalue weighted by Crippen LogP contribution is -2.00. The molecule has 3 aromatic heterocycles. The van der Waals surface area contributed by atoms with Gasteiger partial charge in [-0.1, -0.05) is 158 Å². The third-order valence-corrected chi connectivity index (χ3v) is 10.7. The number of benzene rings is 8. The van der Waals surface area contributed by atoms with E-state index in [1.165, 1.54) is 10.9 Å². The second-order valence-electron chi connectivity index (χ2n) is 14.0. The lowest BCUT2D eigenvalue weighted by Gasteiger charge is -2.12. The third kappa shape index (κ3) is 5.37. The lowest BCUT2D eigenvalue weighted by molar-refractivity contribution is 0.669. The first-order valence-corrected chi connectivity index (χ1v) is 18.8. The number of hydrogen-bond acceptors (Lipinski definition) is 4. The summed E-state index contributed by atoms with van der Waals surface area (Å²) in [5, 5.41) is 4.58. The van der Waals surface area contributed by atoms with Crippen LogP contribution in [0.1, 0.15) is 0 Å². The highest BCUT2D eigenvalue weighted by molar-refractivity contribution is 6.13. The van der Waals surface area contributed by atoms with Crippen molar-refractivity contribution in [3.8, 4) is 62.1 Å². The van der Waals surface area contributed by atoms with Crippen LogP contribution in [0.4, 0.5) is 0 Å². The molecule has 0 saturated heterocycles. The van der Waals surface area contributed by atoms with Gasteiger partial charge >= 0.3 is 0 Å². The molecule has 11 rings (SSSR count). The Hall–Kier alpha value is -7.63. The van der Waals surface area contributed by atoms with E-state index in [9.17, 15) is 0 Å². The average Bonchev–Trinajstić information content (AvgIpc) is 3.82. The summed E-state index contributed by atoms with van der Waals surface area (Å²) in [5.74, 6) is 1.90. The number of hydrogen-bond donors (Lipinski definition) is 0. The summed E-state index contributed by atoms with van der Waals surface area (Å²) in [7, 11) is 0. The minimum atomic E-state index is 0.622. The molecule has 0 saturated carbocycles. The van der Waals surface area contributed by atoms with Gasteiger partial charge in [-0.15, -0.1) is 0 Å². The first-order chi connectivity index (χ1) is 27.7. The van der Waals surface area contributed by atoms with E-state index in [-0.39, 0.29) is 0 Å². The molecule has 0 N–H and O–H groups in total. The van der Waals surface area contributed by atoms with Gasteiger partial charge in [0.15, 0.2) is 17.5 Å². The molecular weight excluding hydrogens is 685 g/mol. The minimum absolute atomic E-state index is 0.622. The summed E-state index contributed by atoms with van der Waals surface area (Å²) in [6.07, 6.45) is 0. The monoisotopic (exact) mass is 716 g/mol. The summed E-state index contributed by atoms with van der Waals surface area (Å²) in [6.45, 7) is 0. The quantitative estimate of drug-likeness (QED) is 0.172. The Morgan fingerprint density at radius 3 is 1.48 bits per heavy atom. The molecule has 0 unspecified atom stereocenters. The van der Waals surface area contributed by atoms with Crippen LogP contribution in [-0.4, -0.2) is 19.5 Å². The van der Waals surface area contributed by atoms with Crippen molar-refractivity contribution in [2.45, 2.75) is 0 Å². The van der Waals surface area contributed by atoms with Crippen LogP contribution in [0.3, 0.4) is 0 Å². The Bertz CT molecular complexity index is 3160. The smallest absolute Gasteiger partial charge is 0.164 e. The summed E-state index contributed by atoms with van der Waals surface area (Å²) in [6, 6.07) is 67.6. The van der Waals surface area contributed by atoms with E-state index in [0.29, 0.717) is 17.5 Å². The molecule has 0 fully saturated rings. The van der Waals surface area contributed by atoms with Crippen molar-refractivity contribution in [3.63, 3.8) is 0 Å². The van der Waals surface area contributed by atoms with Crippen LogP contribution in [0.5, 0.6) is 0 Å². The molecule has 0 amide bonds. The number of furan rings is 1. The molecule has 0 radical (unpaired) electrons. The first-order valence-electron chi connectivity index (χ1n) is 18.8. The number of aromatic nitrogens is 4. The lowest BCUT2D eigenvalue weighted by atomic mass is 9.99. The van der Waals surface area contributed by atoms with Gasteiger partial charge in [0.2, 0.25) is 0 Å². The Morgan fingerprint density at radius 2 is 0.839 bits per heavy atom. The number of para-hydroxylation sites is 1. The average molecular weight is 717 g/mol. The van der Waals surface area contributed by atoms with E-state index in [0.717, 1.165) is 77.4 Å². The maximum absolute atomic E-state index is 6.24. The summed E-state index contributed by atoms with van der Waals surface area (Å²) < 4.78 is 8.61. The van der Waals surface area contributed by atoms with Crippen LogP contribution in [0, 0.1) is 0 Å². The largest absolute Gasteiger partial charge is 0.456 e. The molecule has 0 atom stereocenters. The van der Waals surface area contributed by atoms with Crippen molar-refractivity contribution in [2.75, 3.05) is 0 Å². The van der Waals surface area contributed by atoms with Crippen molar-refractivity contribution in [1.29, 1.82) is 0 Å². The van der Waals surface area contributed by atoms with Crippen molar-refractivity contribution in [1.82, 2.24) is 19.5 Å². The van der Waals surface area contributed by atoms with E-state index >= 15 is 0 Å². The fraction of sp³-hybridized carbons (Fsp3) is 0. The molecule has 0 aliphatic rings. The Morgan fingerprint density at radius 1 is 0.339 bits per heavy atom. The molecule has 56 heavy (non-hydrogen) atoms. The van der Waals surface area contributed by atoms with Crippen LogP contribution < -0.4 is 0 Å². The molecule has 5 nitrogen and oxygen atoms in total. The van der Waals surface area contributed by atoms with E-state index in [1.807, 2.05) is 78.9 Å². The highest BCUT2D eigenvalue weighted by Crippen LogP contribution is 2.40. The topological polar surface area (TPSA) is 56.7 Å². The van der Waals surface area contributed by atoms with Crippen molar-refractivity contribution < 1.29 is 4.42 Å². The summed E-state index contributed by atoms with van der Waals surface area (Å²) in [4.78, 5) is 15.1. The standard InChI is InChI=1S/C51H32N4O/c1-4-13-33(14-5-1)37-25-29-41-42-30-26-38(51-53-49(35-15-6-2-7-16-35)52-50(54-51)36-17-8-3-9-18-36)32-45(42)55(44(41)31-37)39-27-23-34(24-28-39)40-20-12-22-47-48(40)43-19-10-11-21-46(43)56-47/h1-32H. The van der Waals surface area contributed by atoms with Gasteiger partial charge in [0.25, 0.3) is 0 Å². The Labute approximate surface area is 322 Å². The number of rotatable bonds is 6. The molecular formula is C51H32N4O. The zero-order valence-electron chi connectivity index (χ0n) is 30.2. The highest BCUT2D eigenvalue weighted by atomic mass is 16.3. The third-order valence-electron chi connectivity index (χ3n) is 10.7. The van der Waals surface area contributed by atoms with Gasteiger partial charge in [0.1, 0.15) is 11.2 Å². The van der Waals surface area contributed by atoms with Crippen molar-refractivity contribution >= 4 is 43.7 Å². The predicted octanol–water partition coefficient (Wildman–Crippen LogP) is 13.2. The molecule has 0 spiro atoms. The molecule has 0 aliphatic heterocycles. The summed E-state index contributed by atoms with van der Waals surface area (Å²) in [5.41, 5.74) is 12.4. The van der Waals surface area contributed by atoms with E-state index in [4.69, 9.17) is 19.4 Å². The second-order valence-corrected chi connectivity index (χ2v) is 14.0. The van der Waals surface area contributed by atoms with Gasteiger partial charge in [-0.25, -0.2) is 15.0 Å². The van der Waals surface area contributed by atoms with Crippen LogP contribution in [0.15, 0.2) is 199 Å². The van der Waals surface area contributed by atoms with Gasteiger partial charge < -0.3 is 8.98 Å². The molecule has 0 bridgehead atoms. The second kappa shape index (κ2) is 13.0. The maximum atomic E-state index is 6.24.